The predicted octanol–water partition coefficient (Wildman–Crippen LogP) is 1.61. The van der Waals surface area contributed by atoms with Crippen LogP contribution in [0.1, 0.15) is 22.9 Å². The van der Waals surface area contributed by atoms with Crippen molar-refractivity contribution in [3.05, 3.63) is 53.1 Å². The van der Waals surface area contributed by atoms with Crippen LogP contribution in [-0.4, -0.2) is 9.78 Å². The van der Waals surface area contributed by atoms with Crippen molar-refractivity contribution in [3.63, 3.8) is 0 Å². The summed E-state index contributed by atoms with van der Waals surface area (Å²) in [4.78, 5) is 0. The summed E-state index contributed by atoms with van der Waals surface area (Å²) in [6, 6.07) is 6.94. The monoisotopic (exact) mass is 248 g/mol. The molecule has 0 aliphatic carbocycles. The fourth-order valence-electron chi connectivity index (χ4n) is 1.88. The smallest absolute Gasteiger partial charge is 0.126 e. The molecule has 0 aliphatic heterocycles. The zero-order valence-corrected chi connectivity index (χ0v) is 10.5. The van der Waals surface area contributed by atoms with Crippen molar-refractivity contribution in [2.45, 2.75) is 19.4 Å². The molecule has 1 atom stereocenters. The van der Waals surface area contributed by atoms with Crippen molar-refractivity contribution in [1.82, 2.24) is 15.2 Å². The van der Waals surface area contributed by atoms with Crippen LogP contribution in [-0.2, 0) is 13.5 Å². The molecule has 0 saturated carbocycles. The second kappa shape index (κ2) is 5.29. The van der Waals surface area contributed by atoms with Gasteiger partial charge in [0.1, 0.15) is 5.82 Å². The molecular weight excluding hydrogens is 231 g/mol. The Labute approximate surface area is 106 Å². The largest absolute Gasteiger partial charge is 0.276 e. The molecule has 4 nitrogen and oxygen atoms in total. The van der Waals surface area contributed by atoms with E-state index in [1.807, 2.05) is 25.4 Å². The van der Waals surface area contributed by atoms with E-state index in [9.17, 15) is 4.39 Å². The first-order valence-corrected chi connectivity index (χ1v) is 5.81. The van der Waals surface area contributed by atoms with Gasteiger partial charge in [-0.1, -0.05) is 12.1 Å². The minimum atomic E-state index is -0.214. The van der Waals surface area contributed by atoms with Gasteiger partial charge in [0.2, 0.25) is 0 Å². The van der Waals surface area contributed by atoms with Crippen molar-refractivity contribution < 1.29 is 4.39 Å². The topological polar surface area (TPSA) is 55.9 Å². The average molecular weight is 248 g/mol. The molecule has 1 unspecified atom stereocenters. The Kier molecular flexibility index (Phi) is 3.74. The van der Waals surface area contributed by atoms with Gasteiger partial charge in [-0.15, -0.1) is 0 Å². The highest BCUT2D eigenvalue weighted by Gasteiger charge is 2.13. The molecule has 0 saturated heterocycles. The van der Waals surface area contributed by atoms with E-state index in [0.29, 0.717) is 12.0 Å². The third-order valence-electron chi connectivity index (χ3n) is 2.98. The predicted molar refractivity (Wildman–Crippen MR) is 68.1 cm³/mol. The highest BCUT2D eigenvalue weighted by Crippen LogP contribution is 2.19. The summed E-state index contributed by atoms with van der Waals surface area (Å²) in [5, 5.41) is 4.29. The lowest BCUT2D eigenvalue weighted by atomic mass is 10.0. The van der Waals surface area contributed by atoms with Gasteiger partial charge in [-0.3, -0.25) is 16.0 Å². The molecule has 1 aromatic heterocycles. The third-order valence-corrected chi connectivity index (χ3v) is 2.98. The van der Waals surface area contributed by atoms with Crippen LogP contribution in [0.2, 0.25) is 0 Å². The van der Waals surface area contributed by atoms with Gasteiger partial charge in [0, 0.05) is 19.7 Å². The molecule has 0 bridgehead atoms. The van der Waals surface area contributed by atoms with Gasteiger partial charge in [0.25, 0.3) is 0 Å². The van der Waals surface area contributed by atoms with E-state index in [2.05, 4.69) is 10.5 Å². The normalized spacial score (nSPS) is 12.7. The Morgan fingerprint density at radius 2 is 2.22 bits per heavy atom. The van der Waals surface area contributed by atoms with Gasteiger partial charge in [-0.25, -0.2) is 4.39 Å². The molecule has 0 aliphatic rings. The summed E-state index contributed by atoms with van der Waals surface area (Å²) in [5.41, 5.74) is 5.08. The molecule has 2 rings (SSSR count). The number of hydrazine groups is 1. The summed E-state index contributed by atoms with van der Waals surface area (Å²) in [6.45, 7) is 1.74. The Hall–Kier alpha value is -1.72. The number of aromatic nitrogens is 2. The molecule has 18 heavy (non-hydrogen) atoms. The van der Waals surface area contributed by atoms with E-state index in [1.165, 1.54) is 6.07 Å². The third kappa shape index (κ3) is 2.75. The first-order chi connectivity index (χ1) is 8.60. The van der Waals surface area contributed by atoms with E-state index in [4.69, 9.17) is 5.84 Å². The van der Waals surface area contributed by atoms with E-state index in [1.54, 1.807) is 17.7 Å². The fraction of sp³-hybridized carbons (Fsp3) is 0.308. The van der Waals surface area contributed by atoms with Crippen LogP contribution in [0.3, 0.4) is 0 Å². The summed E-state index contributed by atoms with van der Waals surface area (Å²) < 4.78 is 15.3. The molecule has 5 heteroatoms. The van der Waals surface area contributed by atoms with Crippen molar-refractivity contribution in [3.8, 4) is 0 Å². The minimum Gasteiger partial charge on any atom is -0.276 e. The van der Waals surface area contributed by atoms with Crippen LogP contribution >= 0.6 is 0 Å². The van der Waals surface area contributed by atoms with Crippen LogP contribution in [0.5, 0.6) is 0 Å². The highest BCUT2D eigenvalue weighted by molar-refractivity contribution is 5.26. The number of nitrogens with zero attached hydrogens (tertiary/aromatic N) is 2. The van der Waals surface area contributed by atoms with E-state index in [-0.39, 0.29) is 11.9 Å². The summed E-state index contributed by atoms with van der Waals surface area (Å²) >= 11 is 0. The van der Waals surface area contributed by atoms with Gasteiger partial charge in [0.05, 0.1) is 11.7 Å². The Balaban J connectivity index is 2.19. The molecule has 0 fully saturated rings. The maximum atomic E-state index is 13.5. The number of hydrogen-bond acceptors (Lipinski definition) is 3. The van der Waals surface area contributed by atoms with Gasteiger partial charge in [-0.2, -0.15) is 5.10 Å². The molecule has 1 heterocycles. The van der Waals surface area contributed by atoms with Gasteiger partial charge in [-0.05, 0) is 30.2 Å². The number of nitrogens with two attached hydrogens (primary N) is 1. The molecule has 0 spiro atoms. The molecule has 96 valence electrons. The van der Waals surface area contributed by atoms with Crippen molar-refractivity contribution in [1.29, 1.82) is 0 Å². The molecule has 0 radical (unpaired) electrons. The zero-order chi connectivity index (χ0) is 13.1. The zero-order valence-electron chi connectivity index (χ0n) is 10.5. The number of aryl methyl sites for hydroxylation is 2. The maximum absolute atomic E-state index is 13.5. The summed E-state index contributed by atoms with van der Waals surface area (Å²) in [5.74, 6) is 5.33. The lowest BCUT2D eigenvalue weighted by Crippen LogP contribution is -2.29. The lowest BCUT2D eigenvalue weighted by molar-refractivity contribution is 0.534. The first kappa shape index (κ1) is 12.7. The number of nitrogens with one attached hydrogen (secondary N) is 1. The summed E-state index contributed by atoms with van der Waals surface area (Å²) in [7, 11) is 1.86. The second-order valence-corrected chi connectivity index (χ2v) is 4.41. The number of rotatable bonds is 4. The standard InChI is InChI=1S/C13H17FN4/c1-9-3-4-10(7-12(9)14)13(16-15)8-11-5-6-18(2)17-11/h3-7,13,16H,8,15H2,1-2H3. The fourth-order valence-corrected chi connectivity index (χ4v) is 1.88. The van der Waals surface area contributed by atoms with Crippen molar-refractivity contribution in [2.24, 2.45) is 12.9 Å². The van der Waals surface area contributed by atoms with Crippen LogP contribution in [0, 0.1) is 12.7 Å². The van der Waals surface area contributed by atoms with Gasteiger partial charge in [0.15, 0.2) is 0 Å². The van der Waals surface area contributed by atoms with E-state index < -0.39 is 0 Å². The quantitative estimate of drug-likeness (QED) is 0.638. The van der Waals surface area contributed by atoms with E-state index in [0.717, 1.165) is 11.3 Å². The van der Waals surface area contributed by atoms with Crippen LogP contribution in [0.25, 0.3) is 0 Å². The van der Waals surface area contributed by atoms with Crippen LogP contribution < -0.4 is 11.3 Å². The Bertz CT molecular complexity index is 536. The number of hydrogen-bond donors (Lipinski definition) is 2. The molecule has 0 amide bonds. The molecule has 2 aromatic rings. The number of halogens is 1. The second-order valence-electron chi connectivity index (χ2n) is 4.41. The summed E-state index contributed by atoms with van der Waals surface area (Å²) in [6.07, 6.45) is 2.50. The average Bonchev–Trinajstić information content (AvgIpc) is 2.75. The van der Waals surface area contributed by atoms with Gasteiger partial charge < -0.3 is 0 Å². The van der Waals surface area contributed by atoms with Crippen molar-refractivity contribution in [2.75, 3.05) is 0 Å². The van der Waals surface area contributed by atoms with Crippen molar-refractivity contribution >= 4 is 0 Å². The number of benzene rings is 1. The van der Waals surface area contributed by atoms with Crippen LogP contribution in [0.4, 0.5) is 4.39 Å². The Morgan fingerprint density at radius 1 is 1.44 bits per heavy atom. The minimum absolute atomic E-state index is 0.144. The molecular formula is C13H17FN4. The van der Waals surface area contributed by atoms with Gasteiger partial charge >= 0.3 is 0 Å². The highest BCUT2D eigenvalue weighted by atomic mass is 19.1. The lowest BCUT2D eigenvalue weighted by Gasteiger charge is -2.15. The first-order valence-electron chi connectivity index (χ1n) is 5.81. The van der Waals surface area contributed by atoms with E-state index >= 15 is 0 Å². The van der Waals surface area contributed by atoms with Crippen LogP contribution in [0.15, 0.2) is 30.5 Å². The Morgan fingerprint density at radius 3 is 2.78 bits per heavy atom. The maximum Gasteiger partial charge on any atom is 0.126 e. The molecule has 1 aromatic carbocycles. The SMILES string of the molecule is Cc1ccc(C(Cc2ccn(C)n2)NN)cc1F. The molecule has 3 N–H and O–H groups in total.